The summed E-state index contributed by atoms with van der Waals surface area (Å²) < 4.78 is 10.5. The highest BCUT2D eigenvalue weighted by molar-refractivity contribution is 5.89. The second-order valence-corrected chi connectivity index (χ2v) is 10.0. The van der Waals surface area contributed by atoms with E-state index in [-0.39, 0.29) is 13.0 Å². The van der Waals surface area contributed by atoms with Crippen molar-refractivity contribution in [3.63, 3.8) is 0 Å². The minimum Gasteiger partial charge on any atom is -0.460 e. The Morgan fingerprint density at radius 1 is 1.05 bits per heavy atom. The molecular formula is C28H39N3O7. The molecule has 0 radical (unpaired) electrons. The fourth-order valence-electron chi connectivity index (χ4n) is 3.70. The van der Waals surface area contributed by atoms with Gasteiger partial charge in [0.05, 0.1) is 6.04 Å². The summed E-state index contributed by atoms with van der Waals surface area (Å²) >= 11 is 0. The van der Waals surface area contributed by atoms with Crippen molar-refractivity contribution in [3.05, 3.63) is 59.7 Å². The number of carbonyl (C=O) groups is 4. The number of nitrogens with one attached hydrogen (secondary N) is 3. The van der Waals surface area contributed by atoms with Crippen molar-refractivity contribution >= 4 is 23.9 Å². The van der Waals surface area contributed by atoms with E-state index >= 15 is 0 Å². The highest BCUT2D eigenvalue weighted by Crippen LogP contribution is 2.16. The zero-order valence-electron chi connectivity index (χ0n) is 22.5. The molecule has 1 aromatic rings. The van der Waals surface area contributed by atoms with Crippen LogP contribution in [0.3, 0.4) is 0 Å². The van der Waals surface area contributed by atoms with Crippen molar-refractivity contribution in [2.75, 3.05) is 13.2 Å². The van der Waals surface area contributed by atoms with E-state index in [0.29, 0.717) is 12.0 Å². The van der Waals surface area contributed by atoms with Crippen LogP contribution in [-0.4, -0.2) is 59.9 Å². The molecule has 1 aromatic carbocycles. The van der Waals surface area contributed by atoms with E-state index in [1.165, 1.54) is 0 Å². The van der Waals surface area contributed by atoms with Gasteiger partial charge in [-0.05, 0) is 51.2 Å². The molecule has 0 bridgehead atoms. The maximum Gasteiger partial charge on any atom is 0.408 e. The van der Waals surface area contributed by atoms with Crippen LogP contribution in [0.15, 0.2) is 54.1 Å². The maximum absolute atomic E-state index is 13.3. The monoisotopic (exact) mass is 529 g/mol. The second-order valence-electron chi connectivity index (χ2n) is 10.0. The van der Waals surface area contributed by atoms with E-state index in [0.717, 1.165) is 18.4 Å². The zero-order chi connectivity index (χ0) is 28.1. The predicted octanol–water partition coefficient (Wildman–Crippen LogP) is 2.83. The van der Waals surface area contributed by atoms with E-state index in [4.69, 9.17) is 9.47 Å². The van der Waals surface area contributed by atoms with Gasteiger partial charge >= 0.3 is 12.1 Å². The minimum absolute atomic E-state index is 0.141. The minimum atomic E-state index is -1.63. The van der Waals surface area contributed by atoms with Gasteiger partial charge in [0.1, 0.15) is 24.8 Å². The number of benzene rings is 1. The van der Waals surface area contributed by atoms with Crippen molar-refractivity contribution in [2.24, 2.45) is 0 Å². The largest absolute Gasteiger partial charge is 0.460 e. The number of rotatable bonds is 12. The highest BCUT2D eigenvalue weighted by atomic mass is 16.6. The number of hydrogen-bond donors (Lipinski definition) is 4. The lowest BCUT2D eigenvalue weighted by atomic mass is 10.0. The Bertz CT molecular complexity index is 1020. The fraction of sp³-hybridized carbons (Fsp3) is 0.500. The molecule has 0 saturated carbocycles. The third-order valence-electron chi connectivity index (χ3n) is 5.56. The molecule has 0 aliphatic heterocycles. The topological polar surface area (TPSA) is 143 Å². The number of allylic oxidation sites excluding steroid dienone is 3. The number of amides is 3. The summed E-state index contributed by atoms with van der Waals surface area (Å²) in [5.74, 6) is -2.08. The first-order chi connectivity index (χ1) is 18.0. The number of aliphatic hydroxyl groups is 1. The third kappa shape index (κ3) is 10.8. The molecule has 0 fully saturated rings. The van der Waals surface area contributed by atoms with Crippen LogP contribution in [-0.2, 0) is 23.9 Å². The average molecular weight is 530 g/mol. The smallest absolute Gasteiger partial charge is 0.408 e. The molecule has 2 rings (SSSR count). The molecule has 0 spiro atoms. The number of carbonyl (C=O) groups excluding carboxylic acids is 4. The number of ether oxygens (including phenoxy) is 2. The lowest BCUT2D eigenvalue weighted by Gasteiger charge is -2.27. The van der Waals surface area contributed by atoms with Crippen LogP contribution in [0.2, 0.25) is 0 Å². The molecule has 10 heteroatoms. The first-order valence-corrected chi connectivity index (χ1v) is 12.8. The van der Waals surface area contributed by atoms with Crippen LogP contribution in [0, 0.1) is 0 Å². The Balaban J connectivity index is 2.00. The van der Waals surface area contributed by atoms with Crippen LogP contribution < -0.4 is 16.0 Å². The fourth-order valence-corrected chi connectivity index (χ4v) is 3.70. The average Bonchev–Trinajstić information content (AvgIpc) is 2.88. The van der Waals surface area contributed by atoms with Gasteiger partial charge in [-0.15, -0.1) is 0 Å². The van der Waals surface area contributed by atoms with Gasteiger partial charge in [-0.2, -0.15) is 0 Å². The molecule has 0 saturated heterocycles. The van der Waals surface area contributed by atoms with Gasteiger partial charge in [0, 0.05) is 0 Å². The molecule has 0 heterocycles. The zero-order valence-corrected chi connectivity index (χ0v) is 22.5. The van der Waals surface area contributed by atoms with E-state index in [9.17, 15) is 24.3 Å². The Labute approximate surface area is 223 Å². The van der Waals surface area contributed by atoms with E-state index in [1.54, 1.807) is 51.1 Å². The molecule has 3 unspecified atom stereocenters. The van der Waals surface area contributed by atoms with Crippen molar-refractivity contribution in [2.45, 2.75) is 77.2 Å². The molecule has 0 aromatic heterocycles. The Hall–Kier alpha value is -3.66. The van der Waals surface area contributed by atoms with Gasteiger partial charge in [-0.25, -0.2) is 4.79 Å². The first-order valence-electron chi connectivity index (χ1n) is 12.8. The summed E-state index contributed by atoms with van der Waals surface area (Å²) in [7, 11) is 0. The Kier molecular flexibility index (Phi) is 12.0. The molecule has 3 atom stereocenters. The number of hydrogen-bond acceptors (Lipinski definition) is 7. The lowest BCUT2D eigenvalue weighted by molar-refractivity contribution is -0.144. The van der Waals surface area contributed by atoms with Crippen LogP contribution in [0.1, 0.15) is 65.0 Å². The molecular weight excluding hydrogens is 490 g/mol. The van der Waals surface area contributed by atoms with Gasteiger partial charge in [-0.1, -0.05) is 61.9 Å². The van der Waals surface area contributed by atoms with Crippen molar-refractivity contribution in [1.82, 2.24) is 16.0 Å². The number of esters is 1. The third-order valence-corrected chi connectivity index (χ3v) is 5.56. The SMILES string of the molecule is CCCC(NC(=O)C(NC(=O)OC(C)(C)C)c1ccccc1)C(O)C(=O)NCC(=O)OCC1=CC=CCC1. The first kappa shape index (κ1) is 30.6. The van der Waals surface area contributed by atoms with Crippen LogP contribution in [0.5, 0.6) is 0 Å². The highest BCUT2D eigenvalue weighted by Gasteiger charge is 2.32. The summed E-state index contributed by atoms with van der Waals surface area (Å²) in [5.41, 5.74) is 0.703. The molecule has 4 N–H and O–H groups in total. The van der Waals surface area contributed by atoms with E-state index in [1.807, 2.05) is 25.2 Å². The van der Waals surface area contributed by atoms with Gasteiger partial charge < -0.3 is 30.5 Å². The molecule has 38 heavy (non-hydrogen) atoms. The Morgan fingerprint density at radius 3 is 2.37 bits per heavy atom. The number of alkyl carbamates (subject to hydrolysis) is 1. The molecule has 208 valence electrons. The molecule has 1 aliphatic carbocycles. The second kappa shape index (κ2) is 14.9. The van der Waals surface area contributed by atoms with Crippen LogP contribution in [0.4, 0.5) is 4.79 Å². The molecule has 1 aliphatic rings. The number of aliphatic hydroxyl groups excluding tert-OH is 1. The standard InChI is InChI=1S/C28H39N3O7/c1-5-12-21(24(33)26(35)29-17-22(32)37-18-19-13-8-6-9-14-19)30-25(34)23(20-15-10-7-11-16-20)31-27(36)38-28(2,3)4/h6-8,10-11,13,15-16,21,23-24,33H,5,9,12,14,17-18H2,1-4H3,(H,29,35)(H,30,34)(H,31,36). The summed E-state index contributed by atoms with van der Waals surface area (Å²) in [6.07, 6.45) is 5.91. The van der Waals surface area contributed by atoms with Crippen LogP contribution in [0.25, 0.3) is 0 Å². The van der Waals surface area contributed by atoms with E-state index in [2.05, 4.69) is 16.0 Å². The summed E-state index contributed by atoms with van der Waals surface area (Å²) in [4.78, 5) is 50.3. The Morgan fingerprint density at radius 2 is 1.76 bits per heavy atom. The predicted molar refractivity (Wildman–Crippen MR) is 142 cm³/mol. The summed E-state index contributed by atoms with van der Waals surface area (Å²) in [6.45, 7) is 6.68. The lowest BCUT2D eigenvalue weighted by Crippen LogP contribution is -2.53. The van der Waals surface area contributed by atoms with Crippen molar-refractivity contribution in [1.29, 1.82) is 0 Å². The van der Waals surface area contributed by atoms with Crippen LogP contribution >= 0.6 is 0 Å². The maximum atomic E-state index is 13.3. The summed E-state index contributed by atoms with van der Waals surface area (Å²) in [5, 5.41) is 18.3. The van der Waals surface area contributed by atoms with Gasteiger partial charge in [0.25, 0.3) is 5.91 Å². The van der Waals surface area contributed by atoms with Crippen molar-refractivity contribution in [3.8, 4) is 0 Å². The van der Waals surface area contributed by atoms with E-state index < -0.39 is 54.2 Å². The quantitative estimate of drug-likeness (QED) is 0.305. The summed E-state index contributed by atoms with van der Waals surface area (Å²) in [6, 6.07) is 6.47. The normalized spacial score (nSPS) is 15.3. The molecule has 3 amide bonds. The van der Waals surface area contributed by atoms with Crippen molar-refractivity contribution < 1.29 is 33.8 Å². The van der Waals surface area contributed by atoms with Gasteiger partial charge in [0.15, 0.2) is 6.10 Å². The van der Waals surface area contributed by atoms with Gasteiger partial charge in [0.2, 0.25) is 5.91 Å². The molecule has 10 nitrogen and oxygen atoms in total. The van der Waals surface area contributed by atoms with Gasteiger partial charge in [-0.3, -0.25) is 14.4 Å².